The Balaban J connectivity index is 2.75. The maximum absolute atomic E-state index is 11.2. The van der Waals surface area contributed by atoms with Crippen LogP contribution in [0.25, 0.3) is 0 Å². The third-order valence-corrected chi connectivity index (χ3v) is 2.19. The second-order valence-electron chi connectivity index (χ2n) is 3.34. The molecular weight excluding hydrogens is 142 g/mol. The maximum Gasteiger partial charge on any atom is 0.215 e. The van der Waals surface area contributed by atoms with Gasteiger partial charge in [0, 0.05) is 5.92 Å². The Morgan fingerprint density at radius 1 is 1.27 bits per heavy atom. The van der Waals surface area contributed by atoms with Crippen molar-refractivity contribution < 1.29 is 9.59 Å². The highest BCUT2D eigenvalue weighted by Gasteiger charge is 2.39. The van der Waals surface area contributed by atoms with Crippen molar-refractivity contribution in [3.05, 3.63) is 0 Å². The molecule has 1 saturated carbocycles. The average molecular weight is 155 g/mol. The van der Waals surface area contributed by atoms with Crippen molar-refractivity contribution >= 4 is 11.6 Å². The lowest BCUT2D eigenvalue weighted by Gasteiger charge is -2.15. The molecule has 0 N–H and O–H groups in total. The minimum atomic E-state index is -0.220. The highest BCUT2D eigenvalue weighted by Crippen LogP contribution is 2.21. The largest absolute Gasteiger partial charge is 0.299 e. The summed E-state index contributed by atoms with van der Waals surface area (Å²) in [6, 6.07) is -0.169. The lowest BCUT2D eigenvalue weighted by molar-refractivity contribution is -0.137. The summed E-state index contributed by atoms with van der Waals surface area (Å²) in [5.41, 5.74) is 0. The van der Waals surface area contributed by atoms with Crippen molar-refractivity contribution in [2.24, 2.45) is 5.92 Å². The molecular formula is C8H13NO2. The predicted molar refractivity (Wildman–Crippen MR) is 41.3 cm³/mol. The van der Waals surface area contributed by atoms with Crippen molar-refractivity contribution in [2.45, 2.75) is 19.4 Å². The smallest absolute Gasteiger partial charge is 0.215 e. The summed E-state index contributed by atoms with van der Waals surface area (Å²) in [7, 11) is 3.65. The van der Waals surface area contributed by atoms with Crippen LogP contribution >= 0.6 is 0 Å². The first-order chi connectivity index (χ1) is 5.04. The van der Waals surface area contributed by atoms with E-state index in [4.69, 9.17) is 0 Å². The normalized spacial score (nSPS) is 32.0. The van der Waals surface area contributed by atoms with Crippen LogP contribution in [-0.4, -0.2) is 36.6 Å². The molecule has 0 radical (unpaired) electrons. The summed E-state index contributed by atoms with van der Waals surface area (Å²) >= 11 is 0. The fourth-order valence-corrected chi connectivity index (χ4v) is 1.40. The molecule has 2 unspecified atom stereocenters. The van der Waals surface area contributed by atoms with Crippen molar-refractivity contribution in [3.8, 4) is 0 Å². The summed E-state index contributed by atoms with van der Waals surface area (Å²) < 4.78 is 0. The maximum atomic E-state index is 11.2. The fraction of sp³-hybridized carbons (Fsp3) is 0.750. The van der Waals surface area contributed by atoms with Crippen molar-refractivity contribution in [2.75, 3.05) is 14.1 Å². The standard InChI is InChI=1S/C8H13NO2/c1-5-4-6(9(2)3)8(11)7(5)10/h5-6H,4H2,1-3H3. The molecule has 0 heterocycles. The van der Waals surface area contributed by atoms with Crippen LogP contribution in [0.4, 0.5) is 0 Å². The van der Waals surface area contributed by atoms with Crippen LogP contribution in [0.3, 0.4) is 0 Å². The second-order valence-corrected chi connectivity index (χ2v) is 3.34. The van der Waals surface area contributed by atoms with E-state index >= 15 is 0 Å². The zero-order valence-electron chi connectivity index (χ0n) is 7.13. The first kappa shape index (κ1) is 8.40. The number of ketones is 2. The summed E-state index contributed by atoms with van der Waals surface area (Å²) in [6.45, 7) is 1.81. The summed E-state index contributed by atoms with van der Waals surface area (Å²) in [5.74, 6) is -0.499. The molecule has 0 saturated heterocycles. The minimum absolute atomic E-state index is 0.0742. The van der Waals surface area contributed by atoms with Crippen LogP contribution in [0.5, 0.6) is 0 Å². The molecule has 3 nitrogen and oxygen atoms in total. The Morgan fingerprint density at radius 2 is 1.82 bits per heavy atom. The van der Waals surface area contributed by atoms with E-state index in [-0.39, 0.29) is 23.5 Å². The molecule has 1 aliphatic rings. The van der Waals surface area contributed by atoms with Crippen LogP contribution in [-0.2, 0) is 9.59 Å². The number of likely N-dealkylation sites (N-methyl/N-ethyl adjacent to an activating group) is 1. The Kier molecular flexibility index (Phi) is 2.09. The van der Waals surface area contributed by atoms with Gasteiger partial charge in [0.15, 0.2) is 0 Å². The zero-order chi connectivity index (χ0) is 8.59. The van der Waals surface area contributed by atoms with Gasteiger partial charge in [-0.05, 0) is 20.5 Å². The number of hydrogen-bond acceptors (Lipinski definition) is 3. The van der Waals surface area contributed by atoms with Crippen molar-refractivity contribution in [1.82, 2.24) is 4.90 Å². The van der Waals surface area contributed by atoms with E-state index in [0.29, 0.717) is 6.42 Å². The van der Waals surface area contributed by atoms with Gasteiger partial charge in [-0.3, -0.25) is 14.5 Å². The molecule has 0 spiro atoms. The average Bonchev–Trinajstić information content (AvgIpc) is 2.17. The molecule has 0 amide bonds. The van der Waals surface area contributed by atoms with Gasteiger partial charge in [0.2, 0.25) is 11.6 Å². The van der Waals surface area contributed by atoms with E-state index in [1.165, 1.54) is 0 Å². The van der Waals surface area contributed by atoms with Crippen LogP contribution in [0.1, 0.15) is 13.3 Å². The van der Waals surface area contributed by atoms with Gasteiger partial charge in [-0.2, -0.15) is 0 Å². The van der Waals surface area contributed by atoms with Gasteiger partial charge in [-0.1, -0.05) is 6.92 Å². The SMILES string of the molecule is CC1CC(N(C)C)C(=O)C1=O. The molecule has 0 bridgehead atoms. The second kappa shape index (κ2) is 2.74. The number of hydrogen-bond donors (Lipinski definition) is 0. The topological polar surface area (TPSA) is 37.4 Å². The van der Waals surface area contributed by atoms with Gasteiger partial charge in [-0.25, -0.2) is 0 Å². The quantitative estimate of drug-likeness (QED) is 0.504. The highest BCUT2D eigenvalue weighted by atomic mass is 16.2. The highest BCUT2D eigenvalue weighted by molar-refractivity contribution is 6.41. The third-order valence-electron chi connectivity index (χ3n) is 2.19. The summed E-state index contributed by atoms with van der Waals surface area (Å²) in [5, 5.41) is 0. The zero-order valence-corrected chi connectivity index (χ0v) is 7.13. The lowest BCUT2D eigenvalue weighted by Crippen LogP contribution is -2.33. The first-order valence-electron chi connectivity index (χ1n) is 3.78. The third kappa shape index (κ3) is 1.33. The van der Waals surface area contributed by atoms with Crippen LogP contribution < -0.4 is 0 Å². The van der Waals surface area contributed by atoms with Gasteiger partial charge >= 0.3 is 0 Å². The van der Waals surface area contributed by atoms with Crippen LogP contribution in [0, 0.1) is 5.92 Å². The lowest BCUT2D eigenvalue weighted by atomic mass is 10.1. The number of nitrogens with zero attached hydrogens (tertiary/aromatic N) is 1. The van der Waals surface area contributed by atoms with Gasteiger partial charge in [0.1, 0.15) is 0 Å². The minimum Gasteiger partial charge on any atom is -0.299 e. The predicted octanol–water partition coefficient (Wildman–Crippen LogP) is 0.0946. The van der Waals surface area contributed by atoms with Gasteiger partial charge in [0.25, 0.3) is 0 Å². The molecule has 0 aromatic heterocycles. The van der Waals surface area contributed by atoms with E-state index in [2.05, 4.69) is 0 Å². The Hall–Kier alpha value is -0.700. The number of carbonyl (C=O) groups excluding carboxylic acids is 2. The molecule has 1 aliphatic carbocycles. The Morgan fingerprint density at radius 3 is 2.00 bits per heavy atom. The van der Waals surface area contributed by atoms with E-state index in [0.717, 1.165) is 0 Å². The molecule has 11 heavy (non-hydrogen) atoms. The number of rotatable bonds is 1. The summed E-state index contributed by atoms with van der Waals surface area (Å²) in [6.07, 6.45) is 0.685. The first-order valence-corrected chi connectivity index (χ1v) is 3.78. The fourth-order valence-electron chi connectivity index (χ4n) is 1.40. The Labute approximate surface area is 66.4 Å². The van der Waals surface area contributed by atoms with E-state index in [9.17, 15) is 9.59 Å². The van der Waals surface area contributed by atoms with Crippen molar-refractivity contribution in [3.63, 3.8) is 0 Å². The van der Waals surface area contributed by atoms with Gasteiger partial charge in [-0.15, -0.1) is 0 Å². The number of Topliss-reactive ketones (excluding diaryl/α,β-unsaturated/α-hetero) is 2. The van der Waals surface area contributed by atoms with E-state index < -0.39 is 0 Å². The van der Waals surface area contributed by atoms with Gasteiger partial charge in [0.05, 0.1) is 6.04 Å². The molecule has 1 fully saturated rings. The molecule has 0 aromatic carbocycles. The van der Waals surface area contributed by atoms with Crippen LogP contribution in [0.2, 0.25) is 0 Å². The molecule has 1 rings (SSSR count). The molecule has 0 aliphatic heterocycles. The summed E-state index contributed by atoms with van der Waals surface area (Å²) in [4.78, 5) is 24.0. The Bertz CT molecular complexity index is 198. The number of carbonyl (C=O) groups is 2. The van der Waals surface area contributed by atoms with Crippen LogP contribution in [0.15, 0.2) is 0 Å². The molecule has 0 aromatic rings. The van der Waals surface area contributed by atoms with Gasteiger partial charge < -0.3 is 0 Å². The van der Waals surface area contributed by atoms with Crippen molar-refractivity contribution in [1.29, 1.82) is 0 Å². The molecule has 62 valence electrons. The monoisotopic (exact) mass is 155 g/mol. The molecule has 2 atom stereocenters. The van der Waals surface area contributed by atoms with E-state index in [1.807, 2.05) is 25.9 Å². The molecule has 3 heteroatoms. The van der Waals surface area contributed by atoms with E-state index in [1.54, 1.807) is 0 Å².